The van der Waals surface area contributed by atoms with Crippen molar-refractivity contribution in [1.29, 1.82) is 0 Å². The molecule has 130 valence electrons. The summed E-state index contributed by atoms with van der Waals surface area (Å²) in [7, 11) is 0. The van der Waals surface area contributed by atoms with Gasteiger partial charge in [0.05, 0.1) is 6.54 Å². The topological polar surface area (TPSA) is 25.2 Å². The number of carbonyl (C=O) groups is 1. The van der Waals surface area contributed by atoms with Crippen molar-refractivity contribution in [2.24, 2.45) is 0 Å². The van der Waals surface area contributed by atoms with Crippen molar-refractivity contribution in [3.05, 3.63) is 59.4 Å². The Hall–Kier alpha value is -2.03. The molecule has 0 unspecified atom stereocenters. The van der Waals surface area contributed by atoms with Crippen LogP contribution in [0.1, 0.15) is 56.9 Å². The summed E-state index contributed by atoms with van der Waals surface area (Å²) in [6, 6.07) is 13.0. The molecular formula is C21H30N2O. The van der Waals surface area contributed by atoms with Crippen molar-refractivity contribution >= 4 is 5.91 Å². The van der Waals surface area contributed by atoms with E-state index < -0.39 is 0 Å². The van der Waals surface area contributed by atoms with E-state index in [-0.39, 0.29) is 11.9 Å². The van der Waals surface area contributed by atoms with Crippen molar-refractivity contribution < 1.29 is 4.79 Å². The maximum absolute atomic E-state index is 12.5. The second-order valence-corrected chi connectivity index (χ2v) is 6.84. The van der Waals surface area contributed by atoms with Crippen molar-refractivity contribution in [2.45, 2.75) is 66.1 Å². The first-order valence-electron chi connectivity index (χ1n) is 9.00. The van der Waals surface area contributed by atoms with Gasteiger partial charge >= 0.3 is 0 Å². The predicted octanol–water partition coefficient (Wildman–Crippen LogP) is 4.77. The molecule has 1 amide bonds. The number of hydrogen-bond donors (Lipinski definition) is 0. The third kappa shape index (κ3) is 4.98. The lowest BCUT2D eigenvalue weighted by Gasteiger charge is -2.27. The predicted molar refractivity (Wildman–Crippen MR) is 99.9 cm³/mol. The molecule has 0 aliphatic carbocycles. The van der Waals surface area contributed by atoms with E-state index in [1.54, 1.807) is 0 Å². The van der Waals surface area contributed by atoms with Crippen LogP contribution >= 0.6 is 0 Å². The van der Waals surface area contributed by atoms with Crippen LogP contribution in [0.5, 0.6) is 0 Å². The van der Waals surface area contributed by atoms with E-state index in [9.17, 15) is 4.79 Å². The Balaban J connectivity index is 2.11. The number of benzene rings is 1. The molecule has 1 aromatic heterocycles. The quantitative estimate of drug-likeness (QED) is 0.686. The molecule has 24 heavy (non-hydrogen) atoms. The van der Waals surface area contributed by atoms with Gasteiger partial charge in [-0.3, -0.25) is 4.79 Å². The van der Waals surface area contributed by atoms with E-state index in [1.165, 1.54) is 16.8 Å². The third-order valence-electron chi connectivity index (χ3n) is 4.38. The molecule has 0 aliphatic rings. The van der Waals surface area contributed by atoms with Crippen LogP contribution in [0.4, 0.5) is 0 Å². The Morgan fingerprint density at radius 2 is 2.00 bits per heavy atom. The molecule has 3 nitrogen and oxygen atoms in total. The van der Waals surface area contributed by atoms with E-state index in [2.05, 4.69) is 74.9 Å². The summed E-state index contributed by atoms with van der Waals surface area (Å²) < 4.78 is 2.25. The Labute approximate surface area is 146 Å². The molecule has 1 aromatic carbocycles. The molecular weight excluding hydrogens is 296 g/mol. The highest BCUT2D eigenvalue weighted by Gasteiger charge is 2.18. The van der Waals surface area contributed by atoms with E-state index in [0.29, 0.717) is 13.0 Å². The fourth-order valence-corrected chi connectivity index (χ4v) is 2.96. The van der Waals surface area contributed by atoms with Crippen LogP contribution in [-0.4, -0.2) is 21.4 Å². The second-order valence-electron chi connectivity index (χ2n) is 6.84. The molecule has 3 heteroatoms. The van der Waals surface area contributed by atoms with Crippen LogP contribution in [0.3, 0.4) is 0 Å². The first-order valence-corrected chi connectivity index (χ1v) is 9.00. The lowest BCUT2D eigenvalue weighted by Crippen LogP contribution is -2.36. The number of nitrogens with zero attached hydrogens (tertiary/aromatic N) is 2. The van der Waals surface area contributed by atoms with Crippen molar-refractivity contribution in [3.8, 4) is 0 Å². The van der Waals surface area contributed by atoms with E-state index in [1.807, 2.05) is 4.90 Å². The first kappa shape index (κ1) is 18.3. The van der Waals surface area contributed by atoms with Gasteiger partial charge in [0.15, 0.2) is 0 Å². The van der Waals surface area contributed by atoms with Gasteiger partial charge in [0, 0.05) is 30.9 Å². The highest BCUT2D eigenvalue weighted by Crippen LogP contribution is 2.15. The minimum atomic E-state index is 0.219. The first-order chi connectivity index (χ1) is 11.5. The number of aromatic nitrogens is 1. The molecule has 0 aliphatic heterocycles. The third-order valence-corrected chi connectivity index (χ3v) is 4.38. The van der Waals surface area contributed by atoms with Crippen molar-refractivity contribution in [3.63, 3.8) is 0 Å². The van der Waals surface area contributed by atoms with Gasteiger partial charge in [-0.1, -0.05) is 43.2 Å². The van der Waals surface area contributed by atoms with Gasteiger partial charge in [0.2, 0.25) is 5.91 Å². The molecule has 2 rings (SSSR count). The molecule has 0 radical (unpaired) electrons. The molecule has 0 fully saturated rings. The van der Waals surface area contributed by atoms with Gasteiger partial charge in [-0.05, 0) is 44.9 Å². The SMILES string of the molecule is CCCCC(=O)N(Cc1cccn1Cc1cccc(C)c1)C(C)C. The maximum Gasteiger partial charge on any atom is 0.223 e. The monoisotopic (exact) mass is 326 g/mol. The maximum atomic E-state index is 12.5. The average molecular weight is 326 g/mol. The minimum absolute atomic E-state index is 0.219. The van der Waals surface area contributed by atoms with Crippen LogP contribution in [0.2, 0.25) is 0 Å². The Morgan fingerprint density at radius 3 is 2.67 bits per heavy atom. The Kier molecular flexibility index (Phi) is 6.65. The van der Waals surface area contributed by atoms with E-state index >= 15 is 0 Å². The molecule has 0 spiro atoms. The smallest absolute Gasteiger partial charge is 0.223 e. The standard InChI is InChI=1S/C21H30N2O/c1-5-6-12-21(24)23(17(2)3)16-20-11-8-13-22(20)15-19-10-7-9-18(4)14-19/h7-11,13-14,17H,5-6,12,15-16H2,1-4H3. The second kappa shape index (κ2) is 8.72. The molecule has 0 saturated carbocycles. The summed E-state index contributed by atoms with van der Waals surface area (Å²) in [5, 5.41) is 0. The number of rotatable bonds is 8. The molecule has 1 heterocycles. The number of hydrogen-bond acceptors (Lipinski definition) is 1. The number of amides is 1. The molecule has 0 bridgehead atoms. The van der Waals surface area contributed by atoms with Gasteiger partial charge in [0.25, 0.3) is 0 Å². The zero-order chi connectivity index (χ0) is 17.5. The summed E-state index contributed by atoms with van der Waals surface area (Å²) in [4.78, 5) is 14.5. The lowest BCUT2D eigenvalue weighted by atomic mass is 10.1. The zero-order valence-electron chi connectivity index (χ0n) is 15.5. The van der Waals surface area contributed by atoms with Gasteiger partial charge < -0.3 is 9.47 Å². The normalized spacial score (nSPS) is 11.0. The van der Waals surface area contributed by atoms with Crippen LogP contribution in [0.15, 0.2) is 42.6 Å². The van der Waals surface area contributed by atoms with Gasteiger partial charge in [-0.2, -0.15) is 0 Å². The van der Waals surface area contributed by atoms with Crippen molar-refractivity contribution in [1.82, 2.24) is 9.47 Å². The average Bonchev–Trinajstić information content (AvgIpc) is 2.97. The van der Waals surface area contributed by atoms with E-state index in [4.69, 9.17) is 0 Å². The summed E-state index contributed by atoms with van der Waals surface area (Å²) in [5.74, 6) is 0.259. The van der Waals surface area contributed by atoms with E-state index in [0.717, 1.165) is 19.4 Å². The van der Waals surface area contributed by atoms with Crippen LogP contribution in [0, 0.1) is 6.92 Å². The summed E-state index contributed by atoms with van der Waals surface area (Å²) >= 11 is 0. The highest BCUT2D eigenvalue weighted by atomic mass is 16.2. The molecule has 2 aromatic rings. The highest BCUT2D eigenvalue weighted by molar-refractivity contribution is 5.76. The number of aryl methyl sites for hydroxylation is 1. The zero-order valence-corrected chi connectivity index (χ0v) is 15.5. The fourth-order valence-electron chi connectivity index (χ4n) is 2.96. The summed E-state index contributed by atoms with van der Waals surface area (Å²) in [5.41, 5.74) is 3.76. The van der Waals surface area contributed by atoms with Gasteiger partial charge in [0.1, 0.15) is 0 Å². The van der Waals surface area contributed by atoms with Gasteiger partial charge in [-0.15, -0.1) is 0 Å². The molecule has 0 saturated heterocycles. The van der Waals surface area contributed by atoms with Crippen molar-refractivity contribution in [2.75, 3.05) is 0 Å². The summed E-state index contributed by atoms with van der Waals surface area (Å²) in [6.07, 6.45) is 4.77. The van der Waals surface area contributed by atoms with Crippen LogP contribution in [0.25, 0.3) is 0 Å². The minimum Gasteiger partial charge on any atom is -0.345 e. The molecule has 0 atom stereocenters. The lowest BCUT2D eigenvalue weighted by molar-refractivity contribution is -0.133. The van der Waals surface area contributed by atoms with Gasteiger partial charge in [-0.25, -0.2) is 0 Å². The summed E-state index contributed by atoms with van der Waals surface area (Å²) in [6.45, 7) is 9.96. The largest absolute Gasteiger partial charge is 0.345 e. The number of carbonyl (C=O) groups excluding carboxylic acids is 1. The Bertz CT molecular complexity index is 657. The number of unbranched alkanes of at least 4 members (excludes halogenated alkanes) is 1. The Morgan fingerprint density at radius 1 is 1.21 bits per heavy atom. The van der Waals surface area contributed by atoms with Crippen LogP contribution < -0.4 is 0 Å². The fraction of sp³-hybridized carbons (Fsp3) is 0.476. The van der Waals surface area contributed by atoms with Crippen LogP contribution in [-0.2, 0) is 17.9 Å². The molecule has 0 N–H and O–H groups in total.